The van der Waals surface area contributed by atoms with Gasteiger partial charge in [-0.3, -0.25) is 0 Å². The molecule has 0 N–H and O–H groups in total. The molecule has 0 aromatic carbocycles. The molecule has 0 bridgehead atoms. The molecule has 2 nitrogen and oxygen atoms in total. The fourth-order valence-corrected chi connectivity index (χ4v) is 3.59. The van der Waals surface area contributed by atoms with Crippen LogP contribution >= 0.6 is 12.6 Å². The zero-order valence-corrected chi connectivity index (χ0v) is 17.3. The Bertz CT molecular complexity index is 198. The fourth-order valence-electron chi connectivity index (χ4n) is 1.04. The van der Waals surface area contributed by atoms with Crippen molar-refractivity contribution < 1.29 is 8.85 Å². The summed E-state index contributed by atoms with van der Waals surface area (Å²) in [5.74, 6) is 0.986. The molecule has 0 heterocycles. The van der Waals surface area contributed by atoms with Crippen LogP contribution in [0.15, 0.2) is 12.7 Å². The predicted octanol–water partition coefficient (Wildman–Crippen LogP) is 5.21. The van der Waals surface area contributed by atoms with E-state index in [0.29, 0.717) is 0 Å². The molecule has 0 unspecified atom stereocenters. The second-order valence-corrected chi connectivity index (χ2v) is 14.5. The van der Waals surface area contributed by atoms with Crippen LogP contribution in [0.1, 0.15) is 20.3 Å². The van der Waals surface area contributed by atoms with Gasteiger partial charge in [-0.1, -0.05) is 19.9 Å². The molecule has 0 aliphatic heterocycles. The van der Waals surface area contributed by atoms with E-state index >= 15 is 0 Å². The highest BCUT2D eigenvalue weighted by Gasteiger charge is 2.18. The van der Waals surface area contributed by atoms with Crippen molar-refractivity contribution in [2.45, 2.75) is 58.5 Å². The van der Waals surface area contributed by atoms with E-state index in [0.717, 1.165) is 11.8 Å². The molecule has 0 aliphatic carbocycles. The molecule has 0 aromatic heterocycles. The Hall–Kier alpha value is 0.444. The maximum atomic E-state index is 5.34. The van der Waals surface area contributed by atoms with E-state index in [2.05, 4.69) is 45.4 Å². The van der Waals surface area contributed by atoms with Crippen molar-refractivity contribution in [1.29, 1.82) is 0 Å². The second kappa shape index (κ2) is 14.8. The fraction of sp³-hybridized carbons (Fsp3) is 0.857. The van der Waals surface area contributed by atoms with E-state index in [1.54, 1.807) is 7.11 Å². The summed E-state index contributed by atoms with van der Waals surface area (Å²) in [6, 6.07) is 2.27. The average Bonchev–Trinajstić information content (AvgIpc) is 2.39. The van der Waals surface area contributed by atoms with Gasteiger partial charge in [0, 0.05) is 14.2 Å². The van der Waals surface area contributed by atoms with Gasteiger partial charge in [-0.2, -0.15) is 12.6 Å². The third kappa shape index (κ3) is 20.9. The van der Waals surface area contributed by atoms with Gasteiger partial charge in [0.25, 0.3) is 0 Å². The van der Waals surface area contributed by atoms with E-state index in [9.17, 15) is 0 Å². The summed E-state index contributed by atoms with van der Waals surface area (Å²) >= 11 is 4.14. The SMILES string of the molecule is C=CC[Si](C)(C)OC.CC.CO[Si](C)(C)CCCS. The molecule has 0 aliphatic rings. The molecular formula is C14H36O2SSi2. The van der Waals surface area contributed by atoms with E-state index in [4.69, 9.17) is 8.85 Å². The van der Waals surface area contributed by atoms with Crippen LogP contribution < -0.4 is 0 Å². The van der Waals surface area contributed by atoms with Crippen LogP contribution in [0.25, 0.3) is 0 Å². The Balaban J connectivity index is -0.000000239. The van der Waals surface area contributed by atoms with Gasteiger partial charge in [0.1, 0.15) is 0 Å². The normalized spacial score (nSPS) is 10.8. The number of hydrogen-bond donors (Lipinski definition) is 1. The average molecular weight is 325 g/mol. The molecule has 0 spiro atoms. The molecule has 0 fully saturated rings. The zero-order valence-electron chi connectivity index (χ0n) is 14.4. The third-order valence-electron chi connectivity index (χ3n) is 2.68. The smallest absolute Gasteiger partial charge is 0.189 e. The monoisotopic (exact) mass is 324 g/mol. The van der Waals surface area contributed by atoms with Crippen molar-refractivity contribution in [3.05, 3.63) is 12.7 Å². The lowest BCUT2D eigenvalue weighted by atomic mass is 10.6. The lowest BCUT2D eigenvalue weighted by Crippen LogP contribution is -2.28. The highest BCUT2D eigenvalue weighted by Crippen LogP contribution is 2.12. The Kier molecular flexibility index (Phi) is 19.1. The minimum Gasteiger partial charge on any atom is -0.420 e. The first-order valence-electron chi connectivity index (χ1n) is 7.06. The number of rotatable bonds is 7. The van der Waals surface area contributed by atoms with Gasteiger partial charge < -0.3 is 8.85 Å². The maximum absolute atomic E-state index is 5.34. The van der Waals surface area contributed by atoms with Gasteiger partial charge in [-0.15, -0.1) is 6.58 Å². The van der Waals surface area contributed by atoms with Crippen LogP contribution in [0.3, 0.4) is 0 Å². The van der Waals surface area contributed by atoms with Gasteiger partial charge in [0.15, 0.2) is 16.6 Å². The van der Waals surface area contributed by atoms with Crippen LogP contribution in [0.4, 0.5) is 0 Å². The number of hydrogen-bond acceptors (Lipinski definition) is 3. The summed E-state index contributed by atoms with van der Waals surface area (Å²) in [7, 11) is 1.04. The summed E-state index contributed by atoms with van der Waals surface area (Å²) < 4.78 is 10.6. The lowest BCUT2D eigenvalue weighted by molar-refractivity contribution is 0.403. The molecule has 5 heteroatoms. The quantitative estimate of drug-likeness (QED) is 0.394. The van der Waals surface area contributed by atoms with Crippen LogP contribution in [-0.4, -0.2) is 36.6 Å². The molecule has 0 aromatic rings. The number of thiol groups is 1. The molecule has 0 rings (SSSR count). The first-order chi connectivity index (χ1) is 8.74. The summed E-state index contributed by atoms with van der Waals surface area (Å²) in [5.41, 5.74) is 0. The molecule has 0 saturated carbocycles. The standard InChI is InChI=1S/C6H16OSSi.C6H14OSi.C2H6/c1-7-9(2,3)6-4-5-8;1-5-6-8(3,4)7-2;1-2/h8H,4-6H2,1-3H3;5H,1,6H2,2-4H3;1-2H3. The van der Waals surface area contributed by atoms with E-state index in [1.165, 1.54) is 12.5 Å². The highest BCUT2D eigenvalue weighted by molar-refractivity contribution is 7.80. The highest BCUT2D eigenvalue weighted by atomic mass is 32.1. The Morgan fingerprint density at radius 3 is 1.63 bits per heavy atom. The van der Waals surface area contributed by atoms with Gasteiger partial charge >= 0.3 is 0 Å². The largest absolute Gasteiger partial charge is 0.420 e. The Labute approximate surface area is 129 Å². The van der Waals surface area contributed by atoms with Crippen LogP contribution in [0.2, 0.25) is 38.3 Å². The Morgan fingerprint density at radius 1 is 1.00 bits per heavy atom. The molecule has 19 heavy (non-hydrogen) atoms. The van der Waals surface area contributed by atoms with Crippen molar-refractivity contribution in [3.63, 3.8) is 0 Å². The lowest BCUT2D eigenvalue weighted by Gasteiger charge is -2.18. The first-order valence-corrected chi connectivity index (χ1v) is 13.9. The van der Waals surface area contributed by atoms with E-state index in [1.807, 2.05) is 27.0 Å². The summed E-state index contributed by atoms with van der Waals surface area (Å²) in [6.07, 6.45) is 3.12. The summed E-state index contributed by atoms with van der Waals surface area (Å²) in [5, 5.41) is 0. The van der Waals surface area contributed by atoms with Gasteiger partial charge in [-0.05, 0) is 50.4 Å². The summed E-state index contributed by atoms with van der Waals surface area (Å²) in [6.45, 7) is 16.5. The second-order valence-electron chi connectivity index (χ2n) is 5.25. The molecule has 0 atom stereocenters. The van der Waals surface area contributed by atoms with Crippen LogP contribution in [-0.2, 0) is 8.85 Å². The Morgan fingerprint density at radius 2 is 1.42 bits per heavy atom. The van der Waals surface area contributed by atoms with Crippen LogP contribution in [0.5, 0.6) is 0 Å². The van der Waals surface area contributed by atoms with Crippen molar-refractivity contribution in [2.24, 2.45) is 0 Å². The maximum Gasteiger partial charge on any atom is 0.189 e. The molecule has 118 valence electrons. The minimum absolute atomic E-state index is 0.986. The van der Waals surface area contributed by atoms with Crippen LogP contribution in [0, 0.1) is 0 Å². The third-order valence-corrected chi connectivity index (χ3v) is 8.03. The molecular weight excluding hydrogens is 288 g/mol. The zero-order chi connectivity index (χ0) is 15.9. The van der Waals surface area contributed by atoms with E-state index < -0.39 is 16.6 Å². The van der Waals surface area contributed by atoms with E-state index in [-0.39, 0.29) is 0 Å². The van der Waals surface area contributed by atoms with Gasteiger partial charge in [-0.25, -0.2) is 0 Å². The van der Waals surface area contributed by atoms with Crippen molar-refractivity contribution >= 4 is 29.3 Å². The van der Waals surface area contributed by atoms with Gasteiger partial charge in [0.2, 0.25) is 0 Å². The van der Waals surface area contributed by atoms with Crippen molar-refractivity contribution in [1.82, 2.24) is 0 Å². The predicted molar refractivity (Wildman–Crippen MR) is 98.6 cm³/mol. The minimum atomic E-state index is -1.30. The molecule has 0 radical (unpaired) electrons. The van der Waals surface area contributed by atoms with Crippen molar-refractivity contribution in [2.75, 3.05) is 20.0 Å². The van der Waals surface area contributed by atoms with Crippen molar-refractivity contribution in [3.8, 4) is 0 Å². The summed E-state index contributed by atoms with van der Waals surface area (Å²) in [4.78, 5) is 0. The first kappa shape index (κ1) is 24.5. The molecule has 0 saturated heterocycles. The topological polar surface area (TPSA) is 18.5 Å². The van der Waals surface area contributed by atoms with Gasteiger partial charge in [0.05, 0.1) is 0 Å². The number of allylic oxidation sites excluding steroid dienone is 1. The molecule has 0 amide bonds.